The van der Waals surface area contributed by atoms with E-state index in [4.69, 9.17) is 4.74 Å². The summed E-state index contributed by atoms with van der Waals surface area (Å²) in [6.07, 6.45) is 1.86. The fourth-order valence-electron chi connectivity index (χ4n) is 1.86. The van der Waals surface area contributed by atoms with Crippen LogP contribution in [0.2, 0.25) is 0 Å². The summed E-state index contributed by atoms with van der Waals surface area (Å²) < 4.78 is 18.7. The Morgan fingerprint density at radius 3 is 3.00 bits per heavy atom. The summed E-state index contributed by atoms with van der Waals surface area (Å²) >= 11 is 1.60. The third kappa shape index (κ3) is 2.07. The lowest BCUT2D eigenvalue weighted by Gasteiger charge is -2.11. The van der Waals surface area contributed by atoms with Crippen LogP contribution in [0.4, 0.5) is 4.39 Å². The topological polar surface area (TPSA) is 26.3 Å². The van der Waals surface area contributed by atoms with Crippen LogP contribution in [0.5, 0.6) is 5.75 Å². The summed E-state index contributed by atoms with van der Waals surface area (Å²) in [5, 5.41) is -0.106. The molecule has 0 bridgehead atoms. The molecule has 1 fully saturated rings. The van der Waals surface area contributed by atoms with E-state index < -0.39 is 5.82 Å². The normalized spacial score (nSPS) is 19.8. The average Bonchev–Trinajstić information content (AvgIpc) is 2.81. The molecule has 0 spiro atoms. The minimum absolute atomic E-state index is 0.101. The van der Waals surface area contributed by atoms with Crippen LogP contribution in [-0.4, -0.2) is 23.9 Å². The molecule has 1 aromatic carbocycles. The number of carbonyl (C=O) groups excluding carboxylic acids is 1. The Morgan fingerprint density at radius 1 is 1.56 bits per heavy atom. The van der Waals surface area contributed by atoms with Gasteiger partial charge in [-0.25, -0.2) is 4.39 Å². The van der Waals surface area contributed by atoms with Gasteiger partial charge in [-0.3, -0.25) is 4.79 Å². The van der Waals surface area contributed by atoms with Crippen molar-refractivity contribution in [3.63, 3.8) is 0 Å². The number of ether oxygens (including phenoxy) is 1. The lowest BCUT2D eigenvalue weighted by Crippen LogP contribution is -2.16. The van der Waals surface area contributed by atoms with Crippen molar-refractivity contribution in [3.8, 4) is 5.75 Å². The van der Waals surface area contributed by atoms with E-state index in [-0.39, 0.29) is 16.6 Å². The lowest BCUT2D eigenvalue weighted by atomic mass is 10.0. The highest BCUT2D eigenvalue weighted by Crippen LogP contribution is 2.32. The Hall–Kier alpha value is -1.03. The monoisotopic (exact) mass is 240 g/mol. The Labute approximate surface area is 98.2 Å². The Morgan fingerprint density at radius 2 is 2.38 bits per heavy atom. The van der Waals surface area contributed by atoms with Crippen molar-refractivity contribution in [3.05, 3.63) is 29.6 Å². The molecule has 1 heterocycles. The van der Waals surface area contributed by atoms with Gasteiger partial charge in [-0.15, -0.1) is 0 Å². The molecule has 0 N–H and O–H groups in total. The van der Waals surface area contributed by atoms with Gasteiger partial charge in [-0.1, -0.05) is 6.07 Å². The van der Waals surface area contributed by atoms with E-state index in [1.807, 2.05) is 0 Å². The van der Waals surface area contributed by atoms with Crippen LogP contribution in [0, 0.1) is 5.82 Å². The molecular weight excluding hydrogens is 227 g/mol. The number of rotatable bonds is 3. The molecule has 0 radical (unpaired) electrons. The molecule has 2 rings (SSSR count). The maximum Gasteiger partial charge on any atom is 0.182 e. The van der Waals surface area contributed by atoms with Crippen molar-refractivity contribution in [1.82, 2.24) is 0 Å². The van der Waals surface area contributed by atoms with Crippen LogP contribution >= 0.6 is 11.8 Å². The van der Waals surface area contributed by atoms with Gasteiger partial charge in [0.2, 0.25) is 0 Å². The maximum absolute atomic E-state index is 13.6. The quantitative estimate of drug-likeness (QED) is 0.760. The molecule has 1 aromatic rings. The molecule has 0 aliphatic carbocycles. The number of benzene rings is 1. The Bertz CT molecular complexity index is 400. The molecule has 1 atom stereocenters. The number of ketones is 1. The van der Waals surface area contributed by atoms with Gasteiger partial charge < -0.3 is 4.74 Å². The van der Waals surface area contributed by atoms with Gasteiger partial charge in [0.15, 0.2) is 5.78 Å². The highest BCUT2D eigenvalue weighted by Gasteiger charge is 2.28. The van der Waals surface area contributed by atoms with Crippen LogP contribution in [0.15, 0.2) is 18.2 Å². The van der Waals surface area contributed by atoms with E-state index in [0.29, 0.717) is 5.75 Å². The zero-order valence-electron chi connectivity index (χ0n) is 9.03. The van der Waals surface area contributed by atoms with Crippen molar-refractivity contribution in [2.24, 2.45) is 0 Å². The zero-order chi connectivity index (χ0) is 11.5. The molecular formula is C12H13FO2S. The zero-order valence-corrected chi connectivity index (χ0v) is 9.85. The van der Waals surface area contributed by atoms with Crippen molar-refractivity contribution in [2.45, 2.75) is 18.1 Å². The summed E-state index contributed by atoms with van der Waals surface area (Å²) in [5.74, 6) is 0.680. The number of Topliss-reactive ketones (excluding diaryl/α,β-unsaturated/α-hetero) is 1. The van der Waals surface area contributed by atoms with E-state index >= 15 is 0 Å². The standard InChI is InChI=1S/C12H13FO2S/c1-15-9-5-2-4-8(13)11(9)12(14)10-6-3-7-16-10/h2,4-5,10H,3,6-7H2,1H3. The minimum atomic E-state index is -0.489. The van der Waals surface area contributed by atoms with E-state index in [9.17, 15) is 9.18 Å². The first kappa shape index (κ1) is 11.5. The number of hydrogen-bond acceptors (Lipinski definition) is 3. The molecule has 0 aromatic heterocycles. The third-order valence-corrected chi connectivity index (χ3v) is 4.04. The molecule has 4 heteroatoms. The predicted molar refractivity (Wildman–Crippen MR) is 62.8 cm³/mol. The molecule has 1 aliphatic heterocycles. The summed E-state index contributed by atoms with van der Waals surface area (Å²) in [5.41, 5.74) is 0.101. The second kappa shape index (κ2) is 4.87. The number of hydrogen-bond donors (Lipinski definition) is 0. The van der Waals surface area contributed by atoms with E-state index in [1.165, 1.54) is 13.2 Å². The van der Waals surface area contributed by atoms with Crippen LogP contribution in [0.1, 0.15) is 23.2 Å². The van der Waals surface area contributed by atoms with E-state index in [0.717, 1.165) is 18.6 Å². The Kier molecular flexibility index (Phi) is 3.49. The number of halogens is 1. The van der Waals surface area contributed by atoms with Gasteiger partial charge >= 0.3 is 0 Å². The average molecular weight is 240 g/mol. The maximum atomic E-state index is 13.6. The van der Waals surface area contributed by atoms with Crippen LogP contribution in [0.3, 0.4) is 0 Å². The SMILES string of the molecule is COc1cccc(F)c1C(=O)C1CCCS1. The van der Waals surface area contributed by atoms with Crippen molar-refractivity contribution in [2.75, 3.05) is 12.9 Å². The molecule has 1 unspecified atom stereocenters. The van der Waals surface area contributed by atoms with Gasteiger partial charge in [-0.05, 0) is 30.7 Å². The first-order chi connectivity index (χ1) is 7.74. The smallest absolute Gasteiger partial charge is 0.182 e. The van der Waals surface area contributed by atoms with Gasteiger partial charge in [-0.2, -0.15) is 11.8 Å². The fourth-order valence-corrected chi connectivity index (χ4v) is 3.08. The van der Waals surface area contributed by atoms with Crippen LogP contribution in [0.25, 0.3) is 0 Å². The van der Waals surface area contributed by atoms with Gasteiger partial charge in [0.1, 0.15) is 11.6 Å². The van der Waals surface area contributed by atoms with E-state index in [2.05, 4.69) is 0 Å². The molecule has 0 saturated carbocycles. The molecule has 86 valence electrons. The van der Waals surface area contributed by atoms with Crippen LogP contribution in [-0.2, 0) is 0 Å². The summed E-state index contributed by atoms with van der Waals surface area (Å²) in [6, 6.07) is 4.47. The van der Waals surface area contributed by atoms with Crippen molar-refractivity contribution >= 4 is 17.5 Å². The largest absolute Gasteiger partial charge is 0.496 e. The third-order valence-electron chi connectivity index (χ3n) is 2.66. The molecule has 16 heavy (non-hydrogen) atoms. The van der Waals surface area contributed by atoms with Gasteiger partial charge in [0.25, 0.3) is 0 Å². The first-order valence-electron chi connectivity index (χ1n) is 5.22. The number of methoxy groups -OCH3 is 1. The molecule has 1 saturated heterocycles. The molecule has 1 aliphatic rings. The highest BCUT2D eigenvalue weighted by atomic mass is 32.2. The fraction of sp³-hybridized carbons (Fsp3) is 0.417. The van der Waals surface area contributed by atoms with Gasteiger partial charge in [0.05, 0.1) is 17.9 Å². The summed E-state index contributed by atoms with van der Waals surface area (Å²) in [6.45, 7) is 0. The van der Waals surface area contributed by atoms with E-state index in [1.54, 1.807) is 23.9 Å². The van der Waals surface area contributed by atoms with Crippen molar-refractivity contribution in [1.29, 1.82) is 0 Å². The highest BCUT2D eigenvalue weighted by molar-refractivity contribution is 8.00. The summed E-state index contributed by atoms with van der Waals surface area (Å²) in [4.78, 5) is 12.1. The number of thioether (sulfide) groups is 1. The lowest BCUT2D eigenvalue weighted by molar-refractivity contribution is 0.0981. The van der Waals surface area contributed by atoms with Crippen LogP contribution < -0.4 is 4.74 Å². The number of carbonyl (C=O) groups is 1. The second-order valence-corrected chi connectivity index (χ2v) is 4.99. The first-order valence-corrected chi connectivity index (χ1v) is 6.27. The molecule has 0 amide bonds. The Balaban J connectivity index is 2.34. The molecule has 2 nitrogen and oxygen atoms in total. The predicted octanol–water partition coefficient (Wildman–Crippen LogP) is 2.91. The summed E-state index contributed by atoms with van der Waals surface area (Å²) in [7, 11) is 1.45. The van der Waals surface area contributed by atoms with Gasteiger partial charge in [0, 0.05) is 0 Å². The van der Waals surface area contributed by atoms with Crippen molar-refractivity contribution < 1.29 is 13.9 Å². The minimum Gasteiger partial charge on any atom is -0.496 e. The second-order valence-electron chi connectivity index (χ2n) is 3.68.